The molecule has 3 rings (SSSR count). The Kier molecular flexibility index (Phi) is 6.02. The number of phenolic OH excluding ortho intramolecular Hbond substituents is 1. The molecule has 0 aliphatic carbocycles. The summed E-state index contributed by atoms with van der Waals surface area (Å²) in [6, 6.07) is 11.7. The minimum atomic E-state index is -0.228. The van der Waals surface area contributed by atoms with Gasteiger partial charge in [0.15, 0.2) is 5.01 Å². The van der Waals surface area contributed by atoms with Crippen molar-refractivity contribution in [3.8, 4) is 17.6 Å². The number of aryl methyl sites for hydroxylation is 1. The Morgan fingerprint density at radius 2 is 1.93 bits per heavy atom. The fourth-order valence-electron chi connectivity index (χ4n) is 2.25. The molecule has 0 aliphatic heterocycles. The number of hydrogen-bond acceptors (Lipinski definition) is 4. The summed E-state index contributed by atoms with van der Waals surface area (Å²) in [5.41, 5.74) is 2.16. The maximum Gasteiger partial charge on any atom is 0.263 e. The molecule has 0 saturated heterocycles. The van der Waals surface area contributed by atoms with E-state index in [0.29, 0.717) is 32.2 Å². The molecule has 2 N–H and O–H groups in total. The quantitative estimate of drug-likeness (QED) is 0.603. The van der Waals surface area contributed by atoms with Crippen molar-refractivity contribution in [1.82, 2.24) is 10.3 Å². The smallest absolute Gasteiger partial charge is 0.263 e. The van der Waals surface area contributed by atoms with Crippen LogP contribution in [-0.4, -0.2) is 16.0 Å². The molecule has 0 radical (unpaired) electrons. The molecular formula is C20H14Cl2N2O2S. The number of benzene rings is 2. The first-order chi connectivity index (χ1) is 12.9. The van der Waals surface area contributed by atoms with E-state index in [-0.39, 0.29) is 11.7 Å². The average Bonchev–Trinajstić information content (AvgIpc) is 3.01. The number of hydrogen-bond donors (Lipinski definition) is 2. The van der Waals surface area contributed by atoms with Gasteiger partial charge in [0.25, 0.3) is 5.91 Å². The molecule has 0 unspecified atom stereocenters. The Labute approximate surface area is 170 Å². The van der Waals surface area contributed by atoms with Crippen LogP contribution < -0.4 is 5.32 Å². The van der Waals surface area contributed by atoms with Crippen molar-refractivity contribution >= 4 is 40.4 Å². The summed E-state index contributed by atoms with van der Waals surface area (Å²) < 4.78 is 0. The molecule has 0 bridgehead atoms. The highest BCUT2D eigenvalue weighted by molar-refractivity contribution is 7.14. The number of rotatable bonds is 3. The van der Waals surface area contributed by atoms with Crippen LogP contribution in [-0.2, 0) is 6.54 Å². The van der Waals surface area contributed by atoms with Gasteiger partial charge in [0.2, 0.25) is 0 Å². The lowest BCUT2D eigenvalue weighted by molar-refractivity contribution is 0.0954. The molecule has 0 spiro atoms. The van der Waals surface area contributed by atoms with Gasteiger partial charge < -0.3 is 10.4 Å². The molecular weight excluding hydrogens is 403 g/mol. The molecule has 1 aromatic heterocycles. The van der Waals surface area contributed by atoms with Crippen LogP contribution in [0.1, 0.15) is 31.5 Å². The molecule has 0 aliphatic rings. The first-order valence-electron chi connectivity index (χ1n) is 7.93. The van der Waals surface area contributed by atoms with Gasteiger partial charge in [-0.3, -0.25) is 4.79 Å². The Morgan fingerprint density at radius 3 is 2.63 bits per heavy atom. The van der Waals surface area contributed by atoms with Crippen molar-refractivity contribution in [3.05, 3.63) is 79.2 Å². The van der Waals surface area contributed by atoms with Crippen LogP contribution in [0.15, 0.2) is 42.5 Å². The van der Waals surface area contributed by atoms with E-state index in [1.807, 2.05) is 0 Å². The highest BCUT2D eigenvalue weighted by Crippen LogP contribution is 2.22. The van der Waals surface area contributed by atoms with Crippen LogP contribution >= 0.6 is 34.5 Å². The Balaban J connectivity index is 1.70. The number of nitrogens with one attached hydrogen (secondary N) is 1. The van der Waals surface area contributed by atoms with Crippen LogP contribution in [0.4, 0.5) is 0 Å². The molecule has 2 aromatic carbocycles. The molecule has 27 heavy (non-hydrogen) atoms. The van der Waals surface area contributed by atoms with Gasteiger partial charge in [-0.1, -0.05) is 35.2 Å². The topological polar surface area (TPSA) is 62.2 Å². The molecule has 3 aromatic rings. The highest BCUT2D eigenvalue weighted by Gasteiger charge is 2.15. The van der Waals surface area contributed by atoms with Crippen molar-refractivity contribution < 1.29 is 9.90 Å². The van der Waals surface area contributed by atoms with Crippen LogP contribution in [0, 0.1) is 18.8 Å². The monoisotopic (exact) mass is 416 g/mol. The van der Waals surface area contributed by atoms with E-state index in [4.69, 9.17) is 23.2 Å². The molecule has 136 valence electrons. The second-order valence-electron chi connectivity index (χ2n) is 5.65. The maximum absolute atomic E-state index is 12.5. The van der Waals surface area contributed by atoms with E-state index >= 15 is 0 Å². The fourth-order valence-corrected chi connectivity index (χ4v) is 3.56. The van der Waals surface area contributed by atoms with Crippen molar-refractivity contribution in [2.45, 2.75) is 13.5 Å². The van der Waals surface area contributed by atoms with Crippen LogP contribution in [0.25, 0.3) is 0 Å². The number of amides is 1. The number of halogens is 2. The van der Waals surface area contributed by atoms with E-state index in [0.717, 1.165) is 11.1 Å². The molecule has 1 heterocycles. The van der Waals surface area contributed by atoms with E-state index in [9.17, 15) is 9.90 Å². The third-order valence-electron chi connectivity index (χ3n) is 3.64. The summed E-state index contributed by atoms with van der Waals surface area (Å²) >= 11 is 13.2. The van der Waals surface area contributed by atoms with Gasteiger partial charge in [0, 0.05) is 22.2 Å². The number of thiazole rings is 1. The average molecular weight is 417 g/mol. The lowest BCUT2D eigenvalue weighted by atomic mass is 10.2. The Bertz CT molecular complexity index is 1050. The Hall–Kier alpha value is -2.52. The largest absolute Gasteiger partial charge is 0.508 e. The van der Waals surface area contributed by atoms with Gasteiger partial charge >= 0.3 is 0 Å². The Morgan fingerprint density at radius 1 is 1.19 bits per heavy atom. The van der Waals surface area contributed by atoms with Crippen molar-refractivity contribution in [3.63, 3.8) is 0 Å². The van der Waals surface area contributed by atoms with Crippen molar-refractivity contribution in [1.29, 1.82) is 0 Å². The lowest BCUT2D eigenvalue weighted by Gasteiger charge is -2.06. The number of aromatic nitrogens is 1. The van der Waals surface area contributed by atoms with Crippen LogP contribution in [0.5, 0.6) is 5.75 Å². The summed E-state index contributed by atoms with van der Waals surface area (Å²) in [7, 11) is 0. The van der Waals surface area contributed by atoms with Gasteiger partial charge in [-0.25, -0.2) is 4.98 Å². The number of carbonyl (C=O) groups excluding carboxylic acids is 1. The number of nitrogens with zero attached hydrogens (tertiary/aromatic N) is 1. The number of phenols is 1. The standard InChI is InChI=1S/C20H14Cl2N2O2S/c1-12-19(20(26)23-11-14-5-6-15(21)10-17(14)22)27-18(24-12)9-4-13-2-7-16(25)8-3-13/h2-3,5-8,10,25H,11H2,1H3,(H,23,26). The lowest BCUT2D eigenvalue weighted by Crippen LogP contribution is -2.22. The minimum absolute atomic E-state index is 0.186. The molecule has 0 fully saturated rings. The minimum Gasteiger partial charge on any atom is -0.508 e. The SMILES string of the molecule is Cc1nc(C#Cc2ccc(O)cc2)sc1C(=O)NCc1ccc(Cl)cc1Cl. The number of carbonyl (C=O) groups is 1. The predicted octanol–water partition coefficient (Wildman–Crippen LogP) is 4.79. The first kappa shape index (κ1) is 19.2. The fraction of sp³-hybridized carbons (Fsp3) is 0.100. The second kappa shape index (κ2) is 8.45. The summed E-state index contributed by atoms with van der Waals surface area (Å²) in [6.07, 6.45) is 0. The molecule has 1 amide bonds. The number of aromatic hydroxyl groups is 1. The summed E-state index contributed by atoms with van der Waals surface area (Å²) in [4.78, 5) is 17.3. The molecule has 4 nitrogen and oxygen atoms in total. The molecule has 7 heteroatoms. The summed E-state index contributed by atoms with van der Waals surface area (Å²) in [6.45, 7) is 2.06. The highest BCUT2D eigenvalue weighted by atomic mass is 35.5. The zero-order valence-corrected chi connectivity index (χ0v) is 16.5. The van der Waals surface area contributed by atoms with Crippen LogP contribution in [0.3, 0.4) is 0 Å². The first-order valence-corrected chi connectivity index (χ1v) is 9.50. The van der Waals surface area contributed by atoms with Gasteiger partial charge in [-0.2, -0.15) is 0 Å². The molecule has 0 saturated carbocycles. The van der Waals surface area contributed by atoms with Crippen molar-refractivity contribution in [2.24, 2.45) is 0 Å². The van der Waals surface area contributed by atoms with Gasteiger partial charge in [0.05, 0.1) is 5.69 Å². The third kappa shape index (κ3) is 5.01. The predicted molar refractivity (Wildman–Crippen MR) is 109 cm³/mol. The zero-order valence-electron chi connectivity index (χ0n) is 14.2. The van der Waals surface area contributed by atoms with Crippen molar-refractivity contribution in [2.75, 3.05) is 0 Å². The summed E-state index contributed by atoms with van der Waals surface area (Å²) in [5, 5.41) is 13.7. The van der Waals surface area contributed by atoms with E-state index in [1.54, 1.807) is 49.4 Å². The van der Waals surface area contributed by atoms with Gasteiger partial charge in [-0.05, 0) is 54.8 Å². The summed E-state index contributed by atoms with van der Waals surface area (Å²) in [5.74, 6) is 5.87. The normalized spacial score (nSPS) is 10.2. The van der Waals surface area contributed by atoms with Crippen LogP contribution in [0.2, 0.25) is 10.0 Å². The van der Waals surface area contributed by atoms with E-state index in [1.165, 1.54) is 11.3 Å². The second-order valence-corrected chi connectivity index (χ2v) is 7.49. The van der Waals surface area contributed by atoms with E-state index < -0.39 is 0 Å². The third-order valence-corrected chi connectivity index (χ3v) is 5.30. The molecule has 0 atom stereocenters. The van der Waals surface area contributed by atoms with E-state index in [2.05, 4.69) is 22.1 Å². The zero-order chi connectivity index (χ0) is 19.4. The van der Waals surface area contributed by atoms with Gasteiger partial charge in [-0.15, -0.1) is 11.3 Å². The maximum atomic E-state index is 12.5. The van der Waals surface area contributed by atoms with Gasteiger partial charge in [0.1, 0.15) is 10.6 Å².